The molecule has 5 heteroatoms. The fraction of sp³-hybridized carbons (Fsp3) is 0.190. The minimum atomic E-state index is -0.380. The van der Waals surface area contributed by atoms with Gasteiger partial charge in [-0.05, 0) is 48.7 Å². The van der Waals surface area contributed by atoms with Crippen molar-refractivity contribution in [3.8, 4) is 0 Å². The smallest absolute Gasteiger partial charge is 0.243 e. The van der Waals surface area contributed by atoms with Crippen molar-refractivity contribution in [2.24, 2.45) is 0 Å². The van der Waals surface area contributed by atoms with E-state index in [1.807, 2.05) is 49.5 Å². The van der Waals surface area contributed by atoms with Crippen LogP contribution in [0.15, 0.2) is 54.9 Å². The molecule has 0 bridgehead atoms. The molecule has 0 fully saturated rings. The SMILES string of the molecule is CCNC(=O)/C=C/c1cccc(C(C(C)=O)c2ccnc3[nH]ccc23)c1. The number of benzene rings is 1. The zero-order chi connectivity index (χ0) is 18.5. The maximum Gasteiger partial charge on any atom is 0.243 e. The fourth-order valence-electron chi connectivity index (χ4n) is 3.11. The minimum absolute atomic E-state index is 0.0588. The molecule has 2 heterocycles. The molecule has 1 amide bonds. The van der Waals surface area contributed by atoms with Crippen LogP contribution in [0.1, 0.15) is 36.5 Å². The second-order valence-corrected chi connectivity index (χ2v) is 6.08. The first-order valence-corrected chi connectivity index (χ1v) is 8.58. The number of aromatic amines is 1. The Labute approximate surface area is 152 Å². The summed E-state index contributed by atoms with van der Waals surface area (Å²) in [6.07, 6.45) is 6.79. The number of H-pyrrole nitrogens is 1. The molecule has 5 nitrogen and oxygen atoms in total. The van der Waals surface area contributed by atoms with Crippen LogP contribution in [0, 0.1) is 0 Å². The quantitative estimate of drug-likeness (QED) is 0.671. The van der Waals surface area contributed by atoms with E-state index in [1.54, 1.807) is 19.2 Å². The van der Waals surface area contributed by atoms with Crippen molar-refractivity contribution < 1.29 is 9.59 Å². The van der Waals surface area contributed by atoms with E-state index in [9.17, 15) is 9.59 Å². The number of amides is 1. The van der Waals surface area contributed by atoms with Gasteiger partial charge in [-0.15, -0.1) is 0 Å². The van der Waals surface area contributed by atoms with Crippen molar-refractivity contribution in [1.29, 1.82) is 0 Å². The number of carbonyl (C=O) groups is 2. The normalized spacial score (nSPS) is 12.4. The molecule has 0 aliphatic rings. The lowest BCUT2D eigenvalue weighted by atomic mass is 9.86. The predicted octanol–water partition coefficient (Wildman–Crippen LogP) is 3.43. The van der Waals surface area contributed by atoms with Gasteiger partial charge in [-0.2, -0.15) is 0 Å². The van der Waals surface area contributed by atoms with Crippen LogP contribution in [0.2, 0.25) is 0 Å². The molecule has 0 saturated carbocycles. The first-order chi connectivity index (χ1) is 12.6. The molecule has 26 heavy (non-hydrogen) atoms. The summed E-state index contributed by atoms with van der Waals surface area (Å²) in [5.74, 6) is -0.457. The second-order valence-electron chi connectivity index (χ2n) is 6.08. The lowest BCUT2D eigenvalue weighted by Gasteiger charge is -2.16. The Morgan fingerprint density at radius 2 is 2.12 bits per heavy atom. The van der Waals surface area contributed by atoms with E-state index in [-0.39, 0.29) is 17.6 Å². The molecular formula is C21H21N3O2. The number of hydrogen-bond acceptors (Lipinski definition) is 3. The lowest BCUT2D eigenvalue weighted by Crippen LogP contribution is -2.19. The van der Waals surface area contributed by atoms with Crippen LogP contribution in [0.25, 0.3) is 17.1 Å². The van der Waals surface area contributed by atoms with E-state index in [2.05, 4.69) is 15.3 Å². The molecule has 0 saturated heterocycles. The van der Waals surface area contributed by atoms with Crippen molar-refractivity contribution in [2.75, 3.05) is 6.54 Å². The van der Waals surface area contributed by atoms with Gasteiger partial charge in [-0.25, -0.2) is 4.98 Å². The van der Waals surface area contributed by atoms with E-state index in [0.29, 0.717) is 6.54 Å². The monoisotopic (exact) mass is 347 g/mol. The fourth-order valence-corrected chi connectivity index (χ4v) is 3.11. The third kappa shape index (κ3) is 3.72. The third-order valence-corrected chi connectivity index (χ3v) is 4.23. The van der Waals surface area contributed by atoms with Gasteiger partial charge in [-0.1, -0.05) is 24.3 Å². The highest BCUT2D eigenvalue weighted by Gasteiger charge is 2.22. The Hall–Kier alpha value is -3.21. The zero-order valence-corrected chi connectivity index (χ0v) is 14.8. The number of hydrogen-bond donors (Lipinski definition) is 2. The summed E-state index contributed by atoms with van der Waals surface area (Å²) in [5.41, 5.74) is 3.46. The van der Waals surface area contributed by atoms with Gasteiger partial charge in [-0.3, -0.25) is 9.59 Å². The molecule has 1 aromatic carbocycles. The van der Waals surface area contributed by atoms with Gasteiger partial charge < -0.3 is 10.3 Å². The van der Waals surface area contributed by atoms with Gasteiger partial charge in [0, 0.05) is 30.4 Å². The Bertz CT molecular complexity index is 972. The molecular weight excluding hydrogens is 326 g/mol. The van der Waals surface area contributed by atoms with E-state index in [4.69, 9.17) is 0 Å². The largest absolute Gasteiger partial charge is 0.353 e. The minimum Gasteiger partial charge on any atom is -0.353 e. The van der Waals surface area contributed by atoms with Crippen LogP contribution in [-0.2, 0) is 9.59 Å². The summed E-state index contributed by atoms with van der Waals surface area (Å²) >= 11 is 0. The summed E-state index contributed by atoms with van der Waals surface area (Å²) in [7, 11) is 0. The molecule has 0 aliphatic carbocycles. The molecule has 3 aromatic rings. The summed E-state index contributed by atoms with van der Waals surface area (Å²) in [6, 6.07) is 11.5. The first kappa shape index (κ1) is 17.6. The lowest BCUT2D eigenvalue weighted by molar-refractivity contribution is -0.118. The maximum atomic E-state index is 12.5. The topological polar surface area (TPSA) is 74.8 Å². The van der Waals surface area contributed by atoms with Crippen molar-refractivity contribution in [3.63, 3.8) is 0 Å². The Morgan fingerprint density at radius 3 is 2.88 bits per heavy atom. The van der Waals surface area contributed by atoms with Gasteiger partial charge in [0.1, 0.15) is 11.4 Å². The van der Waals surface area contributed by atoms with Crippen LogP contribution >= 0.6 is 0 Å². The Kier molecular flexibility index (Phi) is 5.27. The maximum absolute atomic E-state index is 12.5. The van der Waals surface area contributed by atoms with Crippen LogP contribution in [0.5, 0.6) is 0 Å². The summed E-state index contributed by atoms with van der Waals surface area (Å²) in [6.45, 7) is 4.06. The number of fused-ring (bicyclic) bond motifs is 1. The van der Waals surface area contributed by atoms with Gasteiger partial charge in [0.15, 0.2) is 0 Å². The highest BCUT2D eigenvalue weighted by atomic mass is 16.1. The predicted molar refractivity (Wildman–Crippen MR) is 103 cm³/mol. The van der Waals surface area contributed by atoms with E-state index in [1.165, 1.54) is 6.08 Å². The number of pyridine rings is 1. The van der Waals surface area contributed by atoms with Crippen LogP contribution < -0.4 is 5.32 Å². The van der Waals surface area contributed by atoms with Crippen molar-refractivity contribution in [3.05, 3.63) is 71.6 Å². The van der Waals surface area contributed by atoms with Crippen molar-refractivity contribution in [2.45, 2.75) is 19.8 Å². The van der Waals surface area contributed by atoms with E-state index < -0.39 is 0 Å². The van der Waals surface area contributed by atoms with E-state index in [0.717, 1.165) is 27.7 Å². The summed E-state index contributed by atoms with van der Waals surface area (Å²) < 4.78 is 0. The van der Waals surface area contributed by atoms with Gasteiger partial charge >= 0.3 is 0 Å². The number of nitrogens with one attached hydrogen (secondary N) is 2. The molecule has 2 N–H and O–H groups in total. The average molecular weight is 347 g/mol. The summed E-state index contributed by atoms with van der Waals surface area (Å²) in [5, 5.41) is 3.66. The molecule has 2 aromatic heterocycles. The standard InChI is InChI=1S/C21H21N3O2/c1-3-22-19(26)8-7-15-5-4-6-16(13-15)20(14(2)25)17-9-11-23-21-18(17)10-12-24-21/h4-13,20H,3H2,1-2H3,(H,22,26)(H,23,24)/b8-7+. The Morgan fingerprint density at radius 1 is 1.27 bits per heavy atom. The number of Topliss-reactive ketones (excluding diaryl/α,β-unsaturated/α-hetero) is 1. The number of likely N-dealkylation sites (N-methyl/N-ethyl adjacent to an activating group) is 1. The molecule has 0 radical (unpaired) electrons. The molecule has 0 spiro atoms. The highest BCUT2D eigenvalue weighted by molar-refractivity contribution is 5.94. The Balaban J connectivity index is 1.99. The van der Waals surface area contributed by atoms with Crippen LogP contribution in [0.4, 0.5) is 0 Å². The second kappa shape index (κ2) is 7.78. The van der Waals surface area contributed by atoms with Gasteiger partial charge in [0.05, 0.1) is 5.92 Å². The van der Waals surface area contributed by atoms with Gasteiger partial charge in [0.2, 0.25) is 5.91 Å². The third-order valence-electron chi connectivity index (χ3n) is 4.23. The molecule has 132 valence electrons. The first-order valence-electron chi connectivity index (χ1n) is 8.58. The van der Waals surface area contributed by atoms with Crippen LogP contribution in [0.3, 0.4) is 0 Å². The number of ketones is 1. The number of rotatable bonds is 6. The van der Waals surface area contributed by atoms with Crippen LogP contribution in [-0.4, -0.2) is 28.2 Å². The summed E-state index contributed by atoms with van der Waals surface area (Å²) in [4.78, 5) is 31.5. The van der Waals surface area contributed by atoms with Crippen molar-refractivity contribution >= 4 is 28.8 Å². The number of nitrogens with zero attached hydrogens (tertiary/aromatic N) is 1. The van der Waals surface area contributed by atoms with Gasteiger partial charge in [0.25, 0.3) is 0 Å². The highest BCUT2D eigenvalue weighted by Crippen LogP contribution is 2.31. The average Bonchev–Trinajstić information content (AvgIpc) is 3.10. The molecule has 1 atom stereocenters. The molecule has 3 rings (SSSR count). The van der Waals surface area contributed by atoms with E-state index >= 15 is 0 Å². The zero-order valence-electron chi connectivity index (χ0n) is 14.8. The number of aromatic nitrogens is 2. The molecule has 0 aliphatic heterocycles. The number of carbonyl (C=O) groups excluding carboxylic acids is 2. The van der Waals surface area contributed by atoms with Crippen molar-refractivity contribution in [1.82, 2.24) is 15.3 Å². The molecule has 1 unspecified atom stereocenters.